The molecule has 2 amide bonds. The Morgan fingerprint density at radius 3 is 2.83 bits per heavy atom. The molecule has 124 valence electrons. The van der Waals surface area contributed by atoms with Crippen molar-refractivity contribution in [2.45, 2.75) is 37.8 Å². The minimum Gasteiger partial charge on any atom is -0.384 e. The lowest BCUT2D eigenvalue weighted by Crippen LogP contribution is -2.56. The van der Waals surface area contributed by atoms with Crippen LogP contribution in [0.15, 0.2) is 30.3 Å². The number of benzene rings is 1. The maximum Gasteiger partial charge on any atom is 0.251 e. The zero-order chi connectivity index (χ0) is 16.2. The van der Waals surface area contributed by atoms with Crippen molar-refractivity contribution in [3.05, 3.63) is 35.9 Å². The van der Waals surface area contributed by atoms with Gasteiger partial charge in [0.2, 0.25) is 5.91 Å². The van der Waals surface area contributed by atoms with Crippen LogP contribution in [0.2, 0.25) is 0 Å². The Balaban J connectivity index is 1.61. The van der Waals surface area contributed by atoms with Crippen molar-refractivity contribution < 1.29 is 14.3 Å². The van der Waals surface area contributed by atoms with Crippen LogP contribution in [-0.4, -0.2) is 37.6 Å². The molecule has 23 heavy (non-hydrogen) atoms. The summed E-state index contributed by atoms with van der Waals surface area (Å²) in [6.07, 6.45) is 3.32. The van der Waals surface area contributed by atoms with E-state index in [-0.39, 0.29) is 23.9 Å². The molecule has 0 radical (unpaired) electrons. The average Bonchev–Trinajstić information content (AvgIpc) is 2.55. The second-order valence-electron chi connectivity index (χ2n) is 6.61. The number of piperidine rings is 1. The molecule has 1 saturated carbocycles. The normalized spacial score (nSPS) is 30.2. The first-order valence-electron chi connectivity index (χ1n) is 8.31. The van der Waals surface area contributed by atoms with Gasteiger partial charge < -0.3 is 15.4 Å². The molecule has 1 aliphatic heterocycles. The third-order valence-electron chi connectivity index (χ3n) is 5.06. The van der Waals surface area contributed by atoms with Crippen LogP contribution in [0.3, 0.4) is 0 Å². The van der Waals surface area contributed by atoms with E-state index < -0.39 is 0 Å². The highest BCUT2D eigenvalue weighted by atomic mass is 16.5. The van der Waals surface area contributed by atoms with Gasteiger partial charge in [0.15, 0.2) is 0 Å². The number of rotatable bonds is 4. The molecule has 0 spiro atoms. The van der Waals surface area contributed by atoms with Crippen molar-refractivity contribution in [1.29, 1.82) is 0 Å². The van der Waals surface area contributed by atoms with Crippen LogP contribution >= 0.6 is 0 Å². The zero-order valence-electron chi connectivity index (χ0n) is 13.5. The number of amides is 2. The zero-order valence-corrected chi connectivity index (χ0v) is 13.5. The maximum absolute atomic E-state index is 12.3. The van der Waals surface area contributed by atoms with Crippen LogP contribution < -0.4 is 10.6 Å². The van der Waals surface area contributed by atoms with E-state index in [1.807, 2.05) is 30.3 Å². The van der Waals surface area contributed by atoms with Gasteiger partial charge in [-0.25, -0.2) is 0 Å². The molecule has 4 unspecified atom stereocenters. The third kappa shape index (κ3) is 3.72. The first-order chi connectivity index (χ1) is 11.2. The molecule has 4 atom stereocenters. The SMILES string of the molecule is COCC1CC(=O)NC2CC(NC(=O)c3ccccc3)CCC12. The molecule has 1 saturated heterocycles. The standard InChI is InChI=1S/C18H24N2O3/c1-23-11-13-9-17(21)20-16-10-14(7-8-15(13)16)19-18(22)12-5-3-2-4-6-12/h2-6,13-16H,7-11H2,1H3,(H,19,22)(H,20,21). The number of carbonyl (C=O) groups excluding carboxylic acids is 2. The molecule has 5 heteroatoms. The number of hydrogen-bond donors (Lipinski definition) is 2. The molecular weight excluding hydrogens is 292 g/mol. The fourth-order valence-electron chi connectivity index (χ4n) is 3.97. The predicted molar refractivity (Wildman–Crippen MR) is 87.0 cm³/mol. The highest BCUT2D eigenvalue weighted by Gasteiger charge is 2.40. The van der Waals surface area contributed by atoms with Gasteiger partial charge in [0.1, 0.15) is 0 Å². The van der Waals surface area contributed by atoms with E-state index in [0.29, 0.717) is 30.4 Å². The Kier molecular flexibility index (Phi) is 4.96. The Morgan fingerprint density at radius 1 is 1.30 bits per heavy atom. The topological polar surface area (TPSA) is 67.4 Å². The minimum absolute atomic E-state index is 0.0374. The summed E-state index contributed by atoms with van der Waals surface area (Å²) in [5, 5.41) is 6.21. The number of carbonyl (C=O) groups is 2. The summed E-state index contributed by atoms with van der Waals surface area (Å²) < 4.78 is 5.28. The van der Waals surface area contributed by atoms with E-state index in [2.05, 4.69) is 10.6 Å². The van der Waals surface area contributed by atoms with Crippen LogP contribution in [0.25, 0.3) is 0 Å². The van der Waals surface area contributed by atoms with Crippen LogP contribution in [-0.2, 0) is 9.53 Å². The maximum atomic E-state index is 12.3. The molecule has 3 rings (SSSR count). The summed E-state index contributed by atoms with van der Waals surface area (Å²) in [4.78, 5) is 24.2. The van der Waals surface area contributed by atoms with Gasteiger partial charge in [-0.1, -0.05) is 18.2 Å². The third-order valence-corrected chi connectivity index (χ3v) is 5.06. The second-order valence-corrected chi connectivity index (χ2v) is 6.61. The highest BCUT2D eigenvalue weighted by molar-refractivity contribution is 5.94. The van der Waals surface area contributed by atoms with Gasteiger partial charge in [-0.2, -0.15) is 0 Å². The largest absolute Gasteiger partial charge is 0.384 e. The van der Waals surface area contributed by atoms with Gasteiger partial charge in [-0.05, 0) is 43.2 Å². The highest BCUT2D eigenvalue weighted by Crippen LogP contribution is 2.35. The van der Waals surface area contributed by atoms with Crippen molar-refractivity contribution in [3.8, 4) is 0 Å². The van der Waals surface area contributed by atoms with E-state index >= 15 is 0 Å². The van der Waals surface area contributed by atoms with Crippen molar-refractivity contribution in [1.82, 2.24) is 10.6 Å². The van der Waals surface area contributed by atoms with Crippen molar-refractivity contribution in [2.24, 2.45) is 11.8 Å². The molecule has 0 bridgehead atoms. The molecule has 2 N–H and O–H groups in total. The van der Waals surface area contributed by atoms with Crippen LogP contribution in [0.1, 0.15) is 36.0 Å². The first-order valence-corrected chi connectivity index (χ1v) is 8.31. The summed E-state index contributed by atoms with van der Waals surface area (Å²) in [5.74, 6) is 0.815. The van der Waals surface area contributed by atoms with Crippen LogP contribution in [0.4, 0.5) is 0 Å². The van der Waals surface area contributed by atoms with Crippen molar-refractivity contribution in [3.63, 3.8) is 0 Å². The van der Waals surface area contributed by atoms with Gasteiger partial charge >= 0.3 is 0 Å². The summed E-state index contributed by atoms with van der Waals surface area (Å²) >= 11 is 0. The van der Waals surface area contributed by atoms with Gasteiger partial charge in [-0.3, -0.25) is 9.59 Å². The number of fused-ring (bicyclic) bond motifs is 1. The van der Waals surface area contributed by atoms with Gasteiger partial charge in [0.05, 0.1) is 0 Å². The van der Waals surface area contributed by atoms with Crippen LogP contribution in [0, 0.1) is 11.8 Å². The molecule has 0 aromatic heterocycles. The molecular formula is C18H24N2O3. The second kappa shape index (κ2) is 7.13. The first kappa shape index (κ1) is 16.0. The minimum atomic E-state index is -0.0374. The lowest BCUT2D eigenvalue weighted by Gasteiger charge is -2.43. The smallest absolute Gasteiger partial charge is 0.251 e. The monoisotopic (exact) mass is 316 g/mol. The molecule has 1 aromatic carbocycles. The number of ether oxygens (including phenoxy) is 1. The number of nitrogens with one attached hydrogen (secondary N) is 2. The summed E-state index contributed by atoms with van der Waals surface area (Å²) in [5.41, 5.74) is 0.680. The molecule has 2 aliphatic rings. The van der Waals surface area contributed by atoms with Crippen molar-refractivity contribution >= 4 is 11.8 Å². The summed E-state index contributed by atoms with van der Waals surface area (Å²) in [6, 6.07) is 9.52. The van der Waals surface area contributed by atoms with E-state index in [1.165, 1.54) is 0 Å². The molecule has 1 aliphatic carbocycles. The van der Waals surface area contributed by atoms with Gasteiger partial charge in [-0.15, -0.1) is 0 Å². The van der Waals surface area contributed by atoms with Crippen LogP contribution in [0.5, 0.6) is 0 Å². The van der Waals surface area contributed by atoms with E-state index in [9.17, 15) is 9.59 Å². The van der Waals surface area contributed by atoms with E-state index in [4.69, 9.17) is 4.74 Å². The quantitative estimate of drug-likeness (QED) is 0.889. The fraction of sp³-hybridized carbons (Fsp3) is 0.556. The molecule has 5 nitrogen and oxygen atoms in total. The molecule has 1 heterocycles. The summed E-state index contributed by atoms with van der Waals surface area (Å²) in [6.45, 7) is 0.635. The number of hydrogen-bond acceptors (Lipinski definition) is 3. The van der Waals surface area contributed by atoms with Crippen molar-refractivity contribution in [2.75, 3.05) is 13.7 Å². The Labute approximate surface area is 136 Å². The number of methoxy groups -OCH3 is 1. The van der Waals surface area contributed by atoms with E-state index in [1.54, 1.807) is 7.11 Å². The lowest BCUT2D eigenvalue weighted by molar-refractivity contribution is -0.128. The Hall–Kier alpha value is -1.88. The fourth-order valence-corrected chi connectivity index (χ4v) is 3.97. The molecule has 2 fully saturated rings. The van der Waals surface area contributed by atoms with Gasteiger partial charge in [0, 0.05) is 37.8 Å². The Bertz CT molecular complexity index is 561. The lowest BCUT2D eigenvalue weighted by atomic mass is 9.71. The summed E-state index contributed by atoms with van der Waals surface area (Å²) in [7, 11) is 1.69. The molecule has 1 aromatic rings. The van der Waals surface area contributed by atoms with E-state index in [0.717, 1.165) is 19.3 Å². The predicted octanol–water partition coefficient (Wildman–Crippen LogP) is 1.74. The van der Waals surface area contributed by atoms with Gasteiger partial charge in [0.25, 0.3) is 5.91 Å². The Morgan fingerprint density at radius 2 is 2.09 bits per heavy atom. The average molecular weight is 316 g/mol.